The van der Waals surface area contributed by atoms with Gasteiger partial charge in [0.1, 0.15) is 15.5 Å². The second-order valence-electron chi connectivity index (χ2n) is 8.38. The lowest BCUT2D eigenvalue weighted by molar-refractivity contribution is 0.103. The topological polar surface area (TPSA) is 77.2 Å². The van der Waals surface area contributed by atoms with E-state index in [1.54, 1.807) is 0 Å². The van der Waals surface area contributed by atoms with E-state index in [0.717, 1.165) is 32.6 Å². The van der Waals surface area contributed by atoms with Crippen LogP contribution in [0.1, 0.15) is 60.2 Å². The molecule has 3 N–H and O–H groups in total. The van der Waals surface area contributed by atoms with Gasteiger partial charge in [0.15, 0.2) is 0 Å². The number of ether oxygens (including phenoxy) is 1. The maximum absolute atomic E-state index is 13.0. The molecule has 164 valence electrons. The number of carbonyl (C=O) groups is 1. The molecule has 6 heteroatoms. The molecule has 2 aromatic carbocycles. The highest BCUT2D eigenvalue weighted by Gasteiger charge is 2.19. The number of hydrogen-bond donors (Lipinski definition) is 2. The van der Waals surface area contributed by atoms with Gasteiger partial charge in [-0.1, -0.05) is 31.4 Å². The summed E-state index contributed by atoms with van der Waals surface area (Å²) in [5.74, 6) is 1.23. The van der Waals surface area contributed by atoms with E-state index in [1.165, 1.54) is 49.0 Å². The molecular weight excluding hydrogens is 418 g/mol. The van der Waals surface area contributed by atoms with Gasteiger partial charge in [0.25, 0.3) is 5.91 Å². The lowest BCUT2D eigenvalue weighted by atomic mass is 9.84. The number of pyridine rings is 1. The maximum atomic E-state index is 13.0. The molecule has 0 atom stereocenters. The fourth-order valence-corrected chi connectivity index (χ4v) is 5.54. The number of nitrogens with zero attached hydrogens (tertiary/aromatic N) is 1. The van der Waals surface area contributed by atoms with E-state index in [-0.39, 0.29) is 5.91 Å². The number of anilines is 2. The first-order valence-corrected chi connectivity index (χ1v) is 12.1. The lowest BCUT2D eigenvalue weighted by Crippen LogP contribution is -2.12. The first-order valence-electron chi connectivity index (χ1n) is 11.3. The van der Waals surface area contributed by atoms with Crippen LogP contribution in [0.15, 0.2) is 48.5 Å². The number of nitrogens with one attached hydrogen (secondary N) is 1. The maximum Gasteiger partial charge on any atom is 0.267 e. The third kappa shape index (κ3) is 4.02. The van der Waals surface area contributed by atoms with Gasteiger partial charge in [-0.15, -0.1) is 11.3 Å². The Hall–Kier alpha value is -3.12. The number of carbonyl (C=O) groups excluding carboxylic acids is 1. The Morgan fingerprint density at radius 1 is 1.12 bits per heavy atom. The molecule has 0 unspecified atom stereocenters. The first kappa shape index (κ1) is 20.8. The van der Waals surface area contributed by atoms with Crippen LogP contribution in [-0.4, -0.2) is 17.5 Å². The van der Waals surface area contributed by atoms with E-state index >= 15 is 0 Å². The second kappa shape index (κ2) is 8.79. The Morgan fingerprint density at radius 3 is 2.66 bits per heavy atom. The largest absolute Gasteiger partial charge is 0.494 e. The number of hydrogen-bond acceptors (Lipinski definition) is 5. The van der Waals surface area contributed by atoms with Crippen molar-refractivity contribution in [3.63, 3.8) is 0 Å². The summed E-state index contributed by atoms with van der Waals surface area (Å²) >= 11 is 1.32. The van der Waals surface area contributed by atoms with Crippen LogP contribution in [0.2, 0.25) is 0 Å². The molecule has 1 aliphatic carbocycles. The van der Waals surface area contributed by atoms with E-state index in [0.29, 0.717) is 23.1 Å². The van der Waals surface area contributed by atoms with Crippen molar-refractivity contribution < 1.29 is 9.53 Å². The summed E-state index contributed by atoms with van der Waals surface area (Å²) in [6, 6.07) is 16.1. The summed E-state index contributed by atoms with van der Waals surface area (Å²) in [5.41, 5.74) is 9.82. The molecule has 2 heterocycles. The molecule has 0 bridgehead atoms. The third-order valence-corrected chi connectivity index (χ3v) is 7.36. The van der Waals surface area contributed by atoms with Crippen LogP contribution in [0.25, 0.3) is 21.1 Å². The van der Waals surface area contributed by atoms with Crippen LogP contribution in [0, 0.1) is 0 Å². The molecule has 2 aromatic heterocycles. The van der Waals surface area contributed by atoms with Crippen LogP contribution in [0.3, 0.4) is 0 Å². The number of benzene rings is 2. The summed E-state index contributed by atoms with van der Waals surface area (Å²) in [6.45, 7) is 2.56. The van der Waals surface area contributed by atoms with Crippen LogP contribution in [0.5, 0.6) is 5.75 Å². The van der Waals surface area contributed by atoms with Crippen molar-refractivity contribution in [2.24, 2.45) is 0 Å². The molecule has 0 radical (unpaired) electrons. The van der Waals surface area contributed by atoms with E-state index in [2.05, 4.69) is 17.4 Å². The zero-order valence-corrected chi connectivity index (χ0v) is 19.0. The van der Waals surface area contributed by atoms with E-state index < -0.39 is 0 Å². The number of nitrogen functional groups attached to an aromatic ring is 1. The van der Waals surface area contributed by atoms with Crippen molar-refractivity contribution in [1.29, 1.82) is 0 Å². The predicted octanol–water partition coefficient (Wildman–Crippen LogP) is 6.73. The van der Waals surface area contributed by atoms with Gasteiger partial charge in [0, 0.05) is 22.5 Å². The fourth-order valence-electron chi connectivity index (χ4n) is 4.56. The quantitative estimate of drug-likeness (QED) is 0.357. The highest BCUT2D eigenvalue weighted by molar-refractivity contribution is 7.21. The van der Waals surface area contributed by atoms with Crippen LogP contribution in [0.4, 0.5) is 11.4 Å². The van der Waals surface area contributed by atoms with Gasteiger partial charge in [0.05, 0.1) is 17.8 Å². The van der Waals surface area contributed by atoms with Crippen molar-refractivity contribution in [2.75, 3.05) is 17.7 Å². The van der Waals surface area contributed by atoms with Gasteiger partial charge in [0.2, 0.25) is 0 Å². The van der Waals surface area contributed by atoms with Gasteiger partial charge < -0.3 is 15.8 Å². The molecule has 1 fully saturated rings. The second-order valence-corrected chi connectivity index (χ2v) is 9.38. The minimum absolute atomic E-state index is 0.199. The van der Waals surface area contributed by atoms with E-state index in [9.17, 15) is 4.79 Å². The predicted molar refractivity (Wildman–Crippen MR) is 133 cm³/mol. The molecule has 32 heavy (non-hydrogen) atoms. The monoisotopic (exact) mass is 445 g/mol. The Bertz CT molecular complexity index is 1270. The van der Waals surface area contributed by atoms with Crippen LogP contribution >= 0.6 is 11.3 Å². The normalized spacial score (nSPS) is 14.7. The zero-order chi connectivity index (χ0) is 22.1. The van der Waals surface area contributed by atoms with Crippen molar-refractivity contribution in [1.82, 2.24) is 4.98 Å². The molecular formula is C26H27N3O2S. The molecule has 1 amide bonds. The average molecular weight is 446 g/mol. The number of rotatable bonds is 5. The smallest absolute Gasteiger partial charge is 0.267 e. The zero-order valence-electron chi connectivity index (χ0n) is 18.2. The Balaban J connectivity index is 1.39. The Kier molecular flexibility index (Phi) is 5.70. The molecule has 1 aliphatic rings. The Labute approximate surface area is 191 Å². The molecule has 0 saturated heterocycles. The molecule has 5 rings (SSSR count). The van der Waals surface area contributed by atoms with Gasteiger partial charge in [-0.2, -0.15) is 0 Å². The van der Waals surface area contributed by atoms with Gasteiger partial charge in [-0.05, 0) is 61.6 Å². The van der Waals surface area contributed by atoms with Crippen molar-refractivity contribution >= 4 is 49.7 Å². The number of fused-ring (bicyclic) bond motifs is 2. The molecule has 1 saturated carbocycles. The minimum Gasteiger partial charge on any atom is -0.494 e. The standard InChI is InChI=1S/C26H27N3O2S/c1-2-31-20-13-10-18-14-21-23(27)24(32-26(21)29-22(18)15-20)25(30)28-19-11-8-17(9-12-19)16-6-4-3-5-7-16/h8-16H,2-7,27H2,1H3,(H,28,30). The summed E-state index contributed by atoms with van der Waals surface area (Å²) in [6.07, 6.45) is 6.49. The summed E-state index contributed by atoms with van der Waals surface area (Å²) < 4.78 is 5.58. The lowest BCUT2D eigenvalue weighted by Gasteiger charge is -2.22. The molecule has 5 nitrogen and oxygen atoms in total. The summed E-state index contributed by atoms with van der Waals surface area (Å²) in [4.78, 5) is 19.0. The molecule has 0 spiro atoms. The van der Waals surface area contributed by atoms with Gasteiger partial charge >= 0.3 is 0 Å². The highest BCUT2D eigenvalue weighted by atomic mass is 32.1. The van der Waals surface area contributed by atoms with Crippen LogP contribution in [-0.2, 0) is 0 Å². The van der Waals surface area contributed by atoms with Gasteiger partial charge in [-0.3, -0.25) is 4.79 Å². The average Bonchev–Trinajstić information content (AvgIpc) is 3.14. The first-order chi connectivity index (χ1) is 15.6. The SMILES string of the molecule is CCOc1ccc2cc3c(N)c(C(=O)Nc4ccc(C5CCCCC5)cc4)sc3nc2c1. The molecule has 0 aliphatic heterocycles. The Morgan fingerprint density at radius 2 is 1.91 bits per heavy atom. The van der Waals surface area contributed by atoms with Crippen molar-refractivity contribution in [3.8, 4) is 5.75 Å². The number of aromatic nitrogens is 1. The number of amides is 1. The fraction of sp³-hybridized carbons (Fsp3) is 0.308. The minimum atomic E-state index is -0.199. The van der Waals surface area contributed by atoms with E-state index in [4.69, 9.17) is 15.5 Å². The molecule has 4 aromatic rings. The number of nitrogens with two attached hydrogens (primary N) is 1. The highest BCUT2D eigenvalue weighted by Crippen LogP contribution is 2.36. The van der Waals surface area contributed by atoms with E-state index in [1.807, 2.05) is 43.3 Å². The van der Waals surface area contributed by atoms with Crippen molar-refractivity contribution in [2.45, 2.75) is 44.9 Å². The van der Waals surface area contributed by atoms with Crippen molar-refractivity contribution in [3.05, 3.63) is 59.0 Å². The van der Waals surface area contributed by atoms with Crippen LogP contribution < -0.4 is 15.8 Å². The number of thiophene rings is 1. The summed E-state index contributed by atoms with van der Waals surface area (Å²) in [5, 5.41) is 4.78. The third-order valence-electron chi connectivity index (χ3n) is 6.25. The van der Waals surface area contributed by atoms with Gasteiger partial charge in [-0.25, -0.2) is 4.98 Å². The summed E-state index contributed by atoms with van der Waals surface area (Å²) in [7, 11) is 0.